The van der Waals surface area contributed by atoms with Gasteiger partial charge in [-0.05, 0) is 31.0 Å². The number of rotatable bonds is 5. The number of allylic oxidation sites excluding steroid dienone is 2. The van der Waals surface area contributed by atoms with Gasteiger partial charge in [0.05, 0.1) is 0 Å². The van der Waals surface area contributed by atoms with E-state index in [4.69, 9.17) is 0 Å². The third-order valence-electron chi connectivity index (χ3n) is 4.03. The summed E-state index contributed by atoms with van der Waals surface area (Å²) in [5.74, 6) is 0. The average Bonchev–Trinajstić information content (AvgIpc) is 2.83. The van der Waals surface area contributed by atoms with Crippen molar-refractivity contribution < 1.29 is 0 Å². The van der Waals surface area contributed by atoms with Crippen LogP contribution in [-0.2, 0) is 0 Å². The summed E-state index contributed by atoms with van der Waals surface area (Å²) in [7, 11) is 2.24. The number of likely N-dealkylation sites (N-methyl/N-ethyl adjacent to an activating group) is 1. The molecule has 2 nitrogen and oxygen atoms in total. The van der Waals surface area contributed by atoms with Crippen molar-refractivity contribution in [1.29, 1.82) is 0 Å². The highest BCUT2D eigenvalue weighted by atomic mass is 15.3. The maximum Gasteiger partial charge on any atom is 0.0239 e. The topological polar surface area (TPSA) is 6.48 Å². The molecule has 0 aliphatic carbocycles. The van der Waals surface area contributed by atoms with E-state index >= 15 is 0 Å². The summed E-state index contributed by atoms with van der Waals surface area (Å²) in [6, 6.07) is 1.57. The van der Waals surface area contributed by atoms with Gasteiger partial charge in [0, 0.05) is 31.7 Å². The second-order valence-electron chi connectivity index (χ2n) is 5.06. The predicted octanol–water partition coefficient (Wildman–Crippen LogP) is 2.06. The maximum absolute atomic E-state index is 4.06. The molecule has 88 valence electrons. The molecule has 0 N–H and O–H groups in total. The Labute approximate surface area is 98.9 Å². The Morgan fingerprint density at radius 2 is 2.06 bits per heavy atom. The third-order valence-corrected chi connectivity index (χ3v) is 4.03. The molecule has 2 saturated heterocycles. The Balaban J connectivity index is 1.78. The second-order valence-corrected chi connectivity index (χ2v) is 5.06. The van der Waals surface area contributed by atoms with Crippen LogP contribution in [0.5, 0.6) is 0 Å². The first-order valence-electron chi connectivity index (χ1n) is 6.05. The molecule has 0 aromatic carbocycles. The smallest absolute Gasteiger partial charge is 0.0239 e. The van der Waals surface area contributed by atoms with Gasteiger partial charge in [-0.25, -0.2) is 0 Å². The van der Waals surface area contributed by atoms with Crippen LogP contribution in [0.25, 0.3) is 0 Å². The van der Waals surface area contributed by atoms with Gasteiger partial charge in [-0.3, -0.25) is 4.90 Å². The zero-order chi connectivity index (χ0) is 11.7. The first-order valence-corrected chi connectivity index (χ1v) is 6.05. The molecular formula is C14H22N2. The molecule has 2 heterocycles. The summed E-state index contributed by atoms with van der Waals surface area (Å²) in [4.78, 5) is 5.09. The molecule has 0 spiro atoms. The van der Waals surface area contributed by atoms with Crippen LogP contribution in [0.3, 0.4) is 0 Å². The summed E-state index contributed by atoms with van der Waals surface area (Å²) in [6.45, 7) is 15.3. The van der Waals surface area contributed by atoms with Crippen LogP contribution in [-0.4, -0.2) is 48.6 Å². The van der Waals surface area contributed by atoms with Gasteiger partial charge in [0.2, 0.25) is 0 Å². The average molecular weight is 218 g/mol. The SMILES string of the molecule is C=CC(=C)C(=C)CCN1CC2CC1CN2C. The molecule has 0 radical (unpaired) electrons. The van der Waals surface area contributed by atoms with Gasteiger partial charge >= 0.3 is 0 Å². The molecule has 2 atom stereocenters. The number of piperazine rings is 1. The Kier molecular flexibility index (Phi) is 3.31. The highest BCUT2D eigenvalue weighted by Gasteiger charge is 2.40. The second kappa shape index (κ2) is 4.56. The summed E-state index contributed by atoms with van der Waals surface area (Å²) >= 11 is 0. The van der Waals surface area contributed by atoms with Crippen LogP contribution >= 0.6 is 0 Å². The van der Waals surface area contributed by atoms with Crippen molar-refractivity contribution in [2.24, 2.45) is 0 Å². The summed E-state index contributed by atoms with van der Waals surface area (Å²) in [6.07, 6.45) is 4.18. The lowest BCUT2D eigenvalue weighted by Crippen LogP contribution is -2.44. The minimum atomic E-state index is 0.778. The fourth-order valence-corrected chi connectivity index (χ4v) is 2.81. The molecule has 16 heavy (non-hydrogen) atoms. The molecular weight excluding hydrogens is 196 g/mol. The highest BCUT2D eigenvalue weighted by molar-refractivity contribution is 5.33. The van der Waals surface area contributed by atoms with Crippen molar-refractivity contribution in [2.45, 2.75) is 24.9 Å². The summed E-state index contributed by atoms with van der Waals surface area (Å²) < 4.78 is 0. The van der Waals surface area contributed by atoms with Crippen molar-refractivity contribution in [2.75, 3.05) is 26.7 Å². The van der Waals surface area contributed by atoms with Crippen molar-refractivity contribution in [3.63, 3.8) is 0 Å². The number of hydrogen-bond acceptors (Lipinski definition) is 2. The van der Waals surface area contributed by atoms with Gasteiger partial charge in [-0.15, -0.1) is 0 Å². The molecule has 2 unspecified atom stereocenters. The standard InChI is InChI=1S/C14H22N2/c1-5-11(2)12(3)6-7-16-10-13-8-14(16)9-15(13)4/h5,13-14H,1-3,6-10H2,4H3. The third kappa shape index (κ3) is 2.13. The van der Waals surface area contributed by atoms with Gasteiger partial charge in [0.25, 0.3) is 0 Å². The number of nitrogens with zero attached hydrogens (tertiary/aromatic N) is 2. The van der Waals surface area contributed by atoms with E-state index in [0.29, 0.717) is 0 Å². The van der Waals surface area contributed by atoms with Crippen molar-refractivity contribution in [1.82, 2.24) is 9.80 Å². The number of likely N-dealkylation sites (tertiary alicyclic amines) is 2. The normalized spacial score (nSPS) is 29.6. The van der Waals surface area contributed by atoms with Gasteiger partial charge in [0.15, 0.2) is 0 Å². The molecule has 0 amide bonds. The minimum Gasteiger partial charge on any atom is -0.301 e. The van der Waals surface area contributed by atoms with Gasteiger partial charge in [0.1, 0.15) is 0 Å². The van der Waals surface area contributed by atoms with Gasteiger partial charge < -0.3 is 4.90 Å². The van der Waals surface area contributed by atoms with E-state index in [1.807, 2.05) is 0 Å². The van der Waals surface area contributed by atoms with E-state index in [-0.39, 0.29) is 0 Å². The monoisotopic (exact) mass is 218 g/mol. The maximum atomic E-state index is 4.06. The zero-order valence-corrected chi connectivity index (χ0v) is 10.3. The summed E-state index contributed by atoms with van der Waals surface area (Å²) in [5, 5.41) is 0. The van der Waals surface area contributed by atoms with E-state index in [1.165, 1.54) is 19.5 Å². The van der Waals surface area contributed by atoms with Crippen LogP contribution in [0.1, 0.15) is 12.8 Å². The molecule has 2 bridgehead atoms. The van der Waals surface area contributed by atoms with Crippen LogP contribution in [0.15, 0.2) is 37.0 Å². The van der Waals surface area contributed by atoms with E-state index in [1.54, 1.807) is 6.08 Å². The lowest BCUT2D eigenvalue weighted by Gasteiger charge is -2.32. The molecule has 2 heteroatoms. The van der Waals surface area contributed by atoms with Gasteiger partial charge in [-0.1, -0.05) is 25.8 Å². The Morgan fingerprint density at radius 3 is 2.56 bits per heavy atom. The quantitative estimate of drug-likeness (QED) is 0.652. The van der Waals surface area contributed by atoms with E-state index in [2.05, 4.69) is 36.6 Å². The highest BCUT2D eigenvalue weighted by Crippen LogP contribution is 2.29. The number of hydrogen-bond donors (Lipinski definition) is 0. The lowest BCUT2D eigenvalue weighted by molar-refractivity contribution is 0.151. The Hall–Kier alpha value is -0.860. The Bertz CT molecular complexity index is 317. The fourth-order valence-electron chi connectivity index (χ4n) is 2.81. The molecule has 0 aromatic rings. The van der Waals surface area contributed by atoms with Crippen molar-refractivity contribution >= 4 is 0 Å². The molecule has 0 saturated carbocycles. The largest absolute Gasteiger partial charge is 0.301 e. The fraction of sp³-hybridized carbons (Fsp3) is 0.571. The van der Waals surface area contributed by atoms with E-state index in [9.17, 15) is 0 Å². The summed E-state index contributed by atoms with van der Waals surface area (Å²) in [5.41, 5.74) is 2.12. The van der Waals surface area contributed by atoms with Crippen molar-refractivity contribution in [3.8, 4) is 0 Å². The van der Waals surface area contributed by atoms with E-state index < -0.39 is 0 Å². The first kappa shape index (κ1) is 11.6. The van der Waals surface area contributed by atoms with Crippen LogP contribution in [0.4, 0.5) is 0 Å². The molecule has 2 aliphatic rings. The number of fused-ring (bicyclic) bond motifs is 2. The van der Waals surface area contributed by atoms with Crippen LogP contribution in [0.2, 0.25) is 0 Å². The predicted molar refractivity (Wildman–Crippen MR) is 69.5 cm³/mol. The van der Waals surface area contributed by atoms with Gasteiger partial charge in [-0.2, -0.15) is 0 Å². The molecule has 2 rings (SSSR count). The molecule has 0 aromatic heterocycles. The minimum absolute atomic E-state index is 0.778. The van der Waals surface area contributed by atoms with Crippen molar-refractivity contribution in [3.05, 3.63) is 37.0 Å². The van der Waals surface area contributed by atoms with E-state index in [0.717, 1.165) is 36.2 Å². The lowest BCUT2D eigenvalue weighted by atomic mass is 10.1. The molecule has 2 aliphatic heterocycles. The molecule has 2 fully saturated rings. The van der Waals surface area contributed by atoms with Crippen LogP contribution < -0.4 is 0 Å². The zero-order valence-electron chi connectivity index (χ0n) is 10.3. The Morgan fingerprint density at radius 1 is 1.31 bits per heavy atom. The first-order chi connectivity index (χ1) is 7.61. The van der Waals surface area contributed by atoms with Crippen LogP contribution in [0, 0.1) is 0 Å².